The fourth-order valence-electron chi connectivity index (χ4n) is 3.65. The van der Waals surface area contributed by atoms with E-state index in [0.29, 0.717) is 52.8 Å². The van der Waals surface area contributed by atoms with Gasteiger partial charge in [-0.2, -0.15) is 0 Å². The summed E-state index contributed by atoms with van der Waals surface area (Å²) in [6.07, 6.45) is 0.779. The number of ether oxygens (including phenoxy) is 2. The molecule has 3 amide bonds. The molecule has 7 heteroatoms. The number of nitrogens with zero attached hydrogens (tertiary/aromatic N) is 1. The second-order valence-corrected chi connectivity index (χ2v) is 7.21. The number of imide groups is 1. The number of anilines is 2. The fourth-order valence-corrected chi connectivity index (χ4v) is 3.65. The molecule has 1 N–H and O–H groups in total. The predicted molar refractivity (Wildman–Crippen MR) is 114 cm³/mol. The van der Waals surface area contributed by atoms with Crippen LogP contribution in [0.15, 0.2) is 66.7 Å². The van der Waals surface area contributed by atoms with Crippen LogP contribution in [-0.4, -0.2) is 30.9 Å². The molecule has 3 aromatic rings. The molecule has 0 spiro atoms. The normalized spacial score (nSPS) is 14.8. The van der Waals surface area contributed by atoms with Crippen LogP contribution in [0.1, 0.15) is 37.5 Å². The van der Waals surface area contributed by atoms with Crippen LogP contribution >= 0.6 is 0 Å². The van der Waals surface area contributed by atoms with Crippen molar-refractivity contribution in [3.8, 4) is 11.5 Å². The van der Waals surface area contributed by atoms with E-state index in [0.717, 1.165) is 11.3 Å². The first kappa shape index (κ1) is 18.9. The number of hydrogen-bond acceptors (Lipinski definition) is 5. The first-order valence-electron chi connectivity index (χ1n) is 9.91. The van der Waals surface area contributed by atoms with E-state index in [-0.39, 0.29) is 17.7 Å². The molecule has 0 bridgehead atoms. The Hall–Kier alpha value is -4.13. The van der Waals surface area contributed by atoms with Gasteiger partial charge >= 0.3 is 0 Å². The third-order valence-corrected chi connectivity index (χ3v) is 5.17. The molecular formula is C24H18N2O5. The Bertz CT molecular complexity index is 1190. The Morgan fingerprint density at radius 3 is 2.26 bits per heavy atom. The molecule has 0 aliphatic carbocycles. The highest BCUT2D eigenvalue weighted by Gasteiger charge is 2.36. The lowest BCUT2D eigenvalue weighted by Gasteiger charge is -2.15. The highest BCUT2D eigenvalue weighted by atomic mass is 16.5. The Morgan fingerprint density at radius 2 is 1.52 bits per heavy atom. The first-order chi connectivity index (χ1) is 15.1. The van der Waals surface area contributed by atoms with Crippen LogP contribution in [0.3, 0.4) is 0 Å². The molecule has 2 heterocycles. The quantitative estimate of drug-likeness (QED) is 0.657. The van der Waals surface area contributed by atoms with Crippen LogP contribution < -0.4 is 19.7 Å². The molecule has 31 heavy (non-hydrogen) atoms. The zero-order valence-electron chi connectivity index (χ0n) is 16.5. The summed E-state index contributed by atoms with van der Waals surface area (Å²) in [4.78, 5) is 39.3. The van der Waals surface area contributed by atoms with E-state index in [4.69, 9.17) is 9.47 Å². The molecule has 3 aromatic carbocycles. The zero-order chi connectivity index (χ0) is 21.4. The van der Waals surface area contributed by atoms with Gasteiger partial charge in [0.05, 0.1) is 30.0 Å². The number of carbonyl (C=O) groups excluding carboxylic acids is 3. The lowest BCUT2D eigenvalue weighted by atomic mass is 10.1. The highest BCUT2D eigenvalue weighted by molar-refractivity contribution is 6.34. The minimum atomic E-state index is -0.382. The van der Waals surface area contributed by atoms with Crippen LogP contribution in [0.5, 0.6) is 11.5 Å². The smallest absolute Gasteiger partial charge is 0.266 e. The predicted octanol–water partition coefficient (Wildman–Crippen LogP) is 3.90. The van der Waals surface area contributed by atoms with Gasteiger partial charge in [-0.15, -0.1) is 0 Å². The van der Waals surface area contributed by atoms with E-state index in [2.05, 4.69) is 5.32 Å². The van der Waals surface area contributed by atoms with Crippen LogP contribution in [0.4, 0.5) is 11.4 Å². The monoisotopic (exact) mass is 414 g/mol. The molecule has 2 aliphatic rings. The second kappa shape index (κ2) is 7.60. The highest BCUT2D eigenvalue weighted by Crippen LogP contribution is 2.32. The molecule has 2 aliphatic heterocycles. The Kier molecular flexibility index (Phi) is 4.63. The van der Waals surface area contributed by atoms with Gasteiger partial charge in [-0.05, 0) is 48.5 Å². The molecule has 7 nitrogen and oxygen atoms in total. The van der Waals surface area contributed by atoms with E-state index < -0.39 is 0 Å². The average Bonchev–Trinajstić information content (AvgIpc) is 2.93. The molecule has 0 saturated heterocycles. The SMILES string of the molecule is O=C(Nc1cccc(N2C(=O)c3ccccc3C2=O)c1)c1ccc2c(c1)OCCCO2. The van der Waals surface area contributed by atoms with E-state index in [1.54, 1.807) is 66.7 Å². The summed E-state index contributed by atoms with van der Waals surface area (Å²) in [7, 11) is 0. The molecule has 0 unspecified atom stereocenters. The van der Waals surface area contributed by atoms with E-state index in [1.165, 1.54) is 0 Å². The minimum absolute atomic E-state index is 0.338. The third-order valence-electron chi connectivity index (χ3n) is 5.17. The summed E-state index contributed by atoms with van der Waals surface area (Å²) in [5.41, 5.74) is 2.01. The summed E-state index contributed by atoms with van der Waals surface area (Å²) in [6.45, 7) is 1.10. The number of fused-ring (bicyclic) bond motifs is 2. The van der Waals surface area contributed by atoms with Crippen molar-refractivity contribution in [3.63, 3.8) is 0 Å². The summed E-state index contributed by atoms with van der Waals surface area (Å²) in [5, 5.41) is 2.81. The van der Waals surface area contributed by atoms with Gasteiger partial charge in [0.2, 0.25) is 0 Å². The van der Waals surface area contributed by atoms with Gasteiger partial charge < -0.3 is 14.8 Å². The number of nitrogens with one attached hydrogen (secondary N) is 1. The average molecular weight is 414 g/mol. The molecule has 0 aromatic heterocycles. The number of amides is 3. The first-order valence-corrected chi connectivity index (χ1v) is 9.91. The lowest BCUT2D eigenvalue weighted by molar-refractivity contribution is 0.0925. The Morgan fingerprint density at radius 1 is 0.806 bits per heavy atom. The van der Waals surface area contributed by atoms with Crippen molar-refractivity contribution in [1.82, 2.24) is 0 Å². The Labute approximate surface area is 178 Å². The number of benzene rings is 3. The molecule has 0 radical (unpaired) electrons. The van der Waals surface area contributed by atoms with Crippen molar-refractivity contribution >= 4 is 29.1 Å². The third kappa shape index (κ3) is 3.40. The van der Waals surface area contributed by atoms with E-state index in [9.17, 15) is 14.4 Å². The largest absolute Gasteiger partial charge is 0.490 e. The van der Waals surface area contributed by atoms with Gasteiger partial charge in [-0.25, -0.2) is 4.90 Å². The molecular weight excluding hydrogens is 396 g/mol. The summed E-state index contributed by atoms with van der Waals surface area (Å²) < 4.78 is 11.2. The van der Waals surface area contributed by atoms with Gasteiger partial charge in [0.1, 0.15) is 0 Å². The molecule has 0 fully saturated rings. The van der Waals surface area contributed by atoms with Gasteiger partial charge in [0, 0.05) is 17.7 Å². The maximum atomic E-state index is 12.8. The fraction of sp³-hybridized carbons (Fsp3) is 0.125. The molecule has 154 valence electrons. The molecule has 0 saturated carbocycles. The van der Waals surface area contributed by atoms with Crippen molar-refractivity contribution < 1.29 is 23.9 Å². The van der Waals surface area contributed by atoms with Gasteiger partial charge in [-0.1, -0.05) is 18.2 Å². The van der Waals surface area contributed by atoms with E-state index >= 15 is 0 Å². The maximum Gasteiger partial charge on any atom is 0.266 e. The minimum Gasteiger partial charge on any atom is -0.490 e. The summed E-state index contributed by atoms with van der Waals surface area (Å²) >= 11 is 0. The maximum absolute atomic E-state index is 12.8. The Balaban J connectivity index is 1.38. The second-order valence-electron chi connectivity index (χ2n) is 7.21. The van der Waals surface area contributed by atoms with Crippen LogP contribution in [0.2, 0.25) is 0 Å². The molecule has 0 atom stereocenters. The van der Waals surface area contributed by atoms with Crippen molar-refractivity contribution in [2.75, 3.05) is 23.4 Å². The van der Waals surface area contributed by atoms with E-state index in [1.807, 2.05) is 0 Å². The number of hydrogen-bond donors (Lipinski definition) is 1. The van der Waals surface area contributed by atoms with Crippen molar-refractivity contribution in [2.24, 2.45) is 0 Å². The van der Waals surface area contributed by atoms with Crippen molar-refractivity contribution in [1.29, 1.82) is 0 Å². The van der Waals surface area contributed by atoms with Crippen LogP contribution in [-0.2, 0) is 0 Å². The van der Waals surface area contributed by atoms with Crippen molar-refractivity contribution in [2.45, 2.75) is 6.42 Å². The van der Waals surface area contributed by atoms with Crippen molar-refractivity contribution in [3.05, 3.63) is 83.4 Å². The summed E-state index contributed by atoms with van der Waals surface area (Å²) in [5.74, 6) is 0.0423. The topological polar surface area (TPSA) is 84.9 Å². The van der Waals surface area contributed by atoms with Gasteiger partial charge in [0.25, 0.3) is 17.7 Å². The lowest BCUT2D eigenvalue weighted by Crippen LogP contribution is -2.29. The van der Waals surface area contributed by atoms with Crippen LogP contribution in [0.25, 0.3) is 0 Å². The number of carbonyl (C=O) groups is 3. The van der Waals surface area contributed by atoms with Gasteiger partial charge in [-0.3, -0.25) is 14.4 Å². The summed E-state index contributed by atoms with van der Waals surface area (Å²) in [6, 6.07) is 18.4. The van der Waals surface area contributed by atoms with Crippen LogP contribution in [0, 0.1) is 0 Å². The van der Waals surface area contributed by atoms with Gasteiger partial charge in [0.15, 0.2) is 11.5 Å². The standard InChI is InChI=1S/C24H18N2O5/c27-22(15-9-10-20-21(13-15)31-12-4-11-30-20)25-16-5-3-6-17(14-16)26-23(28)18-7-1-2-8-19(18)24(26)29/h1-3,5-10,13-14H,4,11-12H2,(H,25,27). The molecule has 5 rings (SSSR count). The zero-order valence-corrected chi connectivity index (χ0v) is 16.5. The number of rotatable bonds is 3.